The molecule has 96 heavy (non-hydrogen) atoms. The molecule has 2 heterocycles. The highest BCUT2D eigenvalue weighted by atomic mass is 33.2. The summed E-state index contributed by atoms with van der Waals surface area (Å²) in [6, 6.07) is 2.89. The molecule has 1 aromatic rings. The van der Waals surface area contributed by atoms with Crippen molar-refractivity contribution < 1.29 is 76.6 Å². The van der Waals surface area contributed by atoms with Crippen LogP contribution in [0.25, 0.3) is 0 Å². The van der Waals surface area contributed by atoms with Gasteiger partial charge in [0, 0.05) is 103 Å². The first-order chi connectivity index (χ1) is 45.0. The van der Waals surface area contributed by atoms with Crippen LogP contribution in [0.2, 0.25) is 0 Å². The van der Waals surface area contributed by atoms with Crippen LogP contribution in [0, 0.1) is 41.4 Å². The van der Waals surface area contributed by atoms with Crippen LogP contribution in [0.5, 0.6) is 0 Å². The molecule has 544 valence electrons. The maximum atomic E-state index is 14.7. The summed E-state index contributed by atoms with van der Waals surface area (Å²) in [4.78, 5) is 167. The number of nitrogens with zero attached hydrogens (tertiary/aromatic N) is 4. The van der Waals surface area contributed by atoms with Gasteiger partial charge in [-0.1, -0.05) is 88.8 Å². The number of carbonyl (C=O) groups excluding carboxylic acids is 12. The van der Waals surface area contributed by atoms with Gasteiger partial charge in [0.1, 0.15) is 12.4 Å². The third-order valence-corrected chi connectivity index (χ3v) is 76.2. The number of hydrogen-bond donors (Lipinski definition) is 4. The van der Waals surface area contributed by atoms with E-state index in [2.05, 4.69) is 69.5 Å². The summed E-state index contributed by atoms with van der Waals surface area (Å²) >= 11 is 0. The number of nitrogens with one attached hydrogen (secondary N) is 3. The molecule has 0 saturated carbocycles. The Morgan fingerprint density at radius 1 is 0.781 bits per heavy atom. The van der Waals surface area contributed by atoms with E-state index in [1.807, 2.05) is 34.6 Å². The van der Waals surface area contributed by atoms with E-state index >= 15 is 0 Å². The first-order valence-electron chi connectivity index (χ1n) is 32.3. The fraction of sp³-hybridized carbons (Fsp3) is 0.705. The lowest BCUT2D eigenvalue weighted by molar-refractivity contribution is -0.197. The van der Waals surface area contributed by atoms with E-state index in [0.29, 0.717) is 35.7 Å². The maximum Gasteiger partial charge on any atom is 0.410 e. The molecule has 2 saturated heterocycles. The standard InChI is InChI=1S/C61H96N8O16.H13P11/c1-15-38(8)56(48(82-13)33-52(76)68-30-18-20-45(68)57(83-14)39(9)40(10)70)66(11)59(79)44(35(2)3)32-47(72)55(37(6)7)67(12)61(81)84-34-41-23-25-43(26-24-41)64-58(78)42(19-17-29-63-60(62)80)31-46(71)54(36(4)5)65-49(73)21-16-22-53(77)85-69-50(74)27-28-51(69)75;1-7-10(6)11(8(2)3)9(4)5/h23-26,35-39,42,44-45,48,54-57H,15-22,27-34H2,1-14H3,(H,64,78)(H,65,73)(H3,62,63,80);7H,1-6H2/t38-,39-,42+,44-,45-,48+,54?,55-,56?,57+;/m0./s1. The zero-order chi connectivity index (χ0) is 73.0. The molecule has 2 aliphatic rings. The Morgan fingerprint density at radius 2 is 1.39 bits per heavy atom. The van der Waals surface area contributed by atoms with E-state index in [1.54, 1.807) is 75.9 Å². The molecular formula is C61H109N8O16P11. The number of amides is 9. The number of ketones is 3. The Balaban J connectivity index is 0.00000260. The number of nitrogens with two attached hydrogens (primary N) is 1. The number of urea groups is 1. The second-order valence-corrected chi connectivity index (χ2v) is 64.3. The summed E-state index contributed by atoms with van der Waals surface area (Å²) < 4.78 is 17.5. The molecule has 9 amide bonds. The molecule has 3 rings (SSSR count). The van der Waals surface area contributed by atoms with Crippen molar-refractivity contribution in [1.29, 1.82) is 0 Å². The molecule has 2 aliphatic heterocycles. The molecule has 1 aromatic carbocycles. The quantitative estimate of drug-likeness (QED) is 0.0269. The van der Waals surface area contributed by atoms with Gasteiger partial charge in [0.15, 0.2) is 11.6 Å². The minimum atomic E-state index is -0.995. The normalized spacial score (nSPS) is 17.3. The summed E-state index contributed by atoms with van der Waals surface area (Å²) in [6.45, 7) is 19.3. The molecule has 0 bridgehead atoms. The second-order valence-electron chi connectivity index (χ2n) is 25.3. The van der Waals surface area contributed by atoms with Crippen LogP contribution in [0.1, 0.15) is 158 Å². The number of imide groups is 1. The van der Waals surface area contributed by atoms with Crippen LogP contribution in [-0.2, 0) is 73.6 Å². The Bertz CT molecular complexity index is 2740. The fourth-order valence-electron chi connectivity index (χ4n) is 11.6. The van der Waals surface area contributed by atoms with Crippen LogP contribution in [0.15, 0.2) is 24.3 Å². The van der Waals surface area contributed by atoms with E-state index in [-0.39, 0.29) is 152 Å². The Hall–Kier alpha value is -2.09. The van der Waals surface area contributed by atoms with Gasteiger partial charge in [0.2, 0.25) is 23.6 Å². The lowest BCUT2D eigenvalue weighted by Crippen LogP contribution is -2.54. The third kappa shape index (κ3) is 29.3. The number of anilines is 1. The number of methoxy groups -OCH3 is 2. The number of likely N-dealkylation sites (N-methyl/N-ethyl adjacent to an activating group) is 2. The predicted molar refractivity (Wildman–Crippen MR) is 408 cm³/mol. The smallest absolute Gasteiger partial charge is 0.410 e. The van der Waals surface area contributed by atoms with Crippen molar-refractivity contribution in [2.45, 2.75) is 196 Å². The average Bonchev–Trinajstić information content (AvgIpc) is 1.45. The van der Waals surface area contributed by atoms with Crippen molar-refractivity contribution in [2.24, 2.45) is 47.2 Å². The number of carbonyl (C=O) groups is 12. The van der Waals surface area contributed by atoms with Crippen LogP contribution in [0.4, 0.5) is 15.3 Å². The summed E-state index contributed by atoms with van der Waals surface area (Å²) in [6.07, 6.45) is -0.402. The number of rotatable bonds is 40. The second kappa shape index (κ2) is 45.8. The van der Waals surface area contributed by atoms with Crippen LogP contribution < -0.4 is 21.7 Å². The van der Waals surface area contributed by atoms with Crippen molar-refractivity contribution in [2.75, 3.05) is 46.7 Å². The molecule has 5 N–H and O–H groups in total. The summed E-state index contributed by atoms with van der Waals surface area (Å²) in [5.74, 6) is -7.67. The zero-order valence-electron chi connectivity index (χ0n) is 58.3. The summed E-state index contributed by atoms with van der Waals surface area (Å²) in [5.41, 5.74) is 6.13. The number of likely N-dealkylation sites (tertiary alicyclic amines) is 1. The minimum absolute atomic E-state index is 0.00577. The predicted octanol–water partition coefficient (Wildman–Crippen LogP) is 11.9. The van der Waals surface area contributed by atoms with Gasteiger partial charge >= 0.3 is 18.1 Å². The highest BCUT2D eigenvalue weighted by Gasteiger charge is 2.44. The molecule has 2 fully saturated rings. The van der Waals surface area contributed by atoms with Gasteiger partial charge in [-0.25, -0.2) is 14.4 Å². The van der Waals surface area contributed by atoms with Gasteiger partial charge in [-0.3, -0.25) is 43.2 Å². The molecule has 0 aliphatic carbocycles. The molecule has 35 heteroatoms. The SMILES string of the molecule is CC[C@H](C)C([C@@H](CC(=O)N1CCC[C@H]1[C@H](OC)[C@@H](C)C(C)=O)OC)N(C)C(=O)[C@@H](CC(=O)[C@H](C(C)C)N(C)C(=O)OCc1ccc(NC(=O)[C@H](CCCNC(N)=O)CC(=O)C(NC(=O)CCCC(=O)ON2C(=O)CCC2=O)C(C)C)cc1)C(C)C.PPP(P)P(P(P)P)P(P)P. The highest BCUT2D eigenvalue weighted by molar-refractivity contribution is 9.18. The largest absolute Gasteiger partial charge is 0.445 e. The molecule has 0 aromatic heterocycles. The molecule has 18 atom stereocenters. The van der Waals surface area contributed by atoms with Gasteiger partial charge in [0.05, 0.1) is 42.8 Å². The van der Waals surface area contributed by atoms with Gasteiger partial charge in [-0.2, -0.15) is 0 Å². The molecular weight excluding hydrogens is 1440 g/mol. The van der Waals surface area contributed by atoms with Gasteiger partial charge in [0.25, 0.3) is 11.8 Å². The van der Waals surface area contributed by atoms with Gasteiger partial charge in [-0.15, -0.1) is 58.6 Å². The van der Waals surface area contributed by atoms with Crippen molar-refractivity contribution in [3.63, 3.8) is 0 Å². The highest BCUT2D eigenvalue weighted by Crippen LogP contribution is 3.12. The van der Waals surface area contributed by atoms with Crippen LogP contribution in [0.3, 0.4) is 0 Å². The first-order valence-corrected chi connectivity index (χ1v) is 51.5. The number of hydroxylamine groups is 2. The van der Waals surface area contributed by atoms with Gasteiger partial charge < -0.3 is 55.4 Å². The first kappa shape index (κ1) is 90.0. The van der Waals surface area contributed by atoms with Crippen molar-refractivity contribution in [1.82, 2.24) is 30.4 Å². The number of Topliss-reactive ketones (excluding diaryl/α,β-unsaturated/α-hetero) is 3. The Labute approximate surface area is 589 Å². The molecule has 10 unspecified atom stereocenters. The van der Waals surface area contributed by atoms with Gasteiger partial charge in [-0.05, 0) is 108 Å². The topological polar surface area (TPSA) is 317 Å². The maximum absolute atomic E-state index is 14.7. The number of primary amides is 1. The van der Waals surface area contributed by atoms with Crippen molar-refractivity contribution in [3.8, 4) is 0 Å². The average molecular weight is 1550 g/mol. The minimum Gasteiger partial charge on any atom is -0.445 e. The van der Waals surface area contributed by atoms with E-state index in [4.69, 9.17) is 24.8 Å². The van der Waals surface area contributed by atoms with E-state index < -0.39 is 102 Å². The Morgan fingerprint density at radius 3 is 1.88 bits per heavy atom. The van der Waals surface area contributed by atoms with Crippen LogP contribution in [-0.4, -0.2) is 168 Å². The monoisotopic (exact) mass is 1550 g/mol. The lowest BCUT2D eigenvalue weighted by atomic mass is 9.83. The van der Waals surface area contributed by atoms with Crippen LogP contribution >= 0.6 is 89.5 Å². The molecule has 24 nitrogen and oxygen atoms in total. The third-order valence-electron chi connectivity index (χ3n) is 17.2. The van der Waals surface area contributed by atoms with E-state index in [0.717, 1.165) is 14.4 Å². The molecule has 0 spiro atoms. The zero-order valence-corrected chi connectivity index (χ0v) is 69.8. The van der Waals surface area contributed by atoms with Crippen molar-refractivity contribution in [3.05, 3.63) is 29.8 Å². The molecule has 0 radical (unpaired) electrons. The summed E-state index contributed by atoms with van der Waals surface area (Å²) in [7, 11) is 25.1. The number of ether oxygens (including phenoxy) is 3. The van der Waals surface area contributed by atoms with E-state index in [1.165, 1.54) is 26.0 Å². The fourth-order valence-corrected chi connectivity index (χ4v) is 107. The number of benzene rings is 1. The lowest BCUT2D eigenvalue weighted by Gasteiger charge is -2.41. The number of hydrogen-bond acceptors (Lipinski definition) is 16. The van der Waals surface area contributed by atoms with Crippen molar-refractivity contribution >= 4 is 166 Å². The van der Waals surface area contributed by atoms with E-state index in [9.17, 15) is 57.5 Å². The Kier molecular flexibility index (Phi) is 42.9. The summed E-state index contributed by atoms with van der Waals surface area (Å²) in [5, 5.41) is 8.41.